The first-order valence-corrected chi connectivity index (χ1v) is 6.79. The van der Waals surface area contributed by atoms with E-state index in [1.807, 2.05) is 32.9 Å². The van der Waals surface area contributed by atoms with Gasteiger partial charge in [0.25, 0.3) is 5.91 Å². The number of furan rings is 1. The molecule has 0 aromatic carbocycles. The second kappa shape index (κ2) is 5.44. The molecule has 1 aromatic heterocycles. The van der Waals surface area contributed by atoms with Crippen molar-refractivity contribution in [2.75, 3.05) is 13.1 Å². The summed E-state index contributed by atoms with van der Waals surface area (Å²) in [6.07, 6.45) is 1.78. The van der Waals surface area contributed by atoms with E-state index in [1.165, 1.54) is 11.8 Å². The Morgan fingerprint density at radius 3 is 2.78 bits per heavy atom. The summed E-state index contributed by atoms with van der Waals surface area (Å²) in [5.41, 5.74) is 0. The summed E-state index contributed by atoms with van der Waals surface area (Å²) >= 11 is 1.41. The Morgan fingerprint density at radius 2 is 2.22 bits per heavy atom. The van der Waals surface area contributed by atoms with E-state index in [0.29, 0.717) is 23.8 Å². The van der Waals surface area contributed by atoms with Gasteiger partial charge in [-0.3, -0.25) is 14.7 Å². The molecule has 96 valence electrons. The number of hydrogen-bond acceptors (Lipinski definition) is 4. The molecule has 1 fully saturated rings. The number of hydrogen-bond donors (Lipinski definition) is 0. The van der Waals surface area contributed by atoms with Gasteiger partial charge in [0.2, 0.25) is 0 Å². The number of thioether (sulfide) groups is 1. The Balaban J connectivity index is 2.28. The van der Waals surface area contributed by atoms with Gasteiger partial charge in [0.05, 0.1) is 4.91 Å². The minimum atomic E-state index is 0.00348. The highest BCUT2D eigenvalue weighted by Gasteiger charge is 2.31. The second-order valence-electron chi connectivity index (χ2n) is 3.87. The van der Waals surface area contributed by atoms with Crippen molar-refractivity contribution < 1.29 is 9.21 Å². The van der Waals surface area contributed by atoms with E-state index in [-0.39, 0.29) is 5.91 Å². The molecule has 18 heavy (non-hydrogen) atoms. The predicted molar refractivity (Wildman–Crippen MR) is 74.4 cm³/mol. The van der Waals surface area contributed by atoms with E-state index in [9.17, 15) is 4.79 Å². The highest BCUT2D eigenvalue weighted by molar-refractivity contribution is 8.18. The summed E-state index contributed by atoms with van der Waals surface area (Å²) < 4.78 is 5.46. The zero-order valence-electron chi connectivity index (χ0n) is 10.8. The van der Waals surface area contributed by atoms with Crippen molar-refractivity contribution in [3.8, 4) is 0 Å². The fourth-order valence-corrected chi connectivity index (χ4v) is 2.79. The molecule has 0 aliphatic carbocycles. The lowest BCUT2D eigenvalue weighted by Crippen LogP contribution is -2.28. The van der Waals surface area contributed by atoms with E-state index in [1.54, 1.807) is 11.0 Å². The highest BCUT2D eigenvalue weighted by Crippen LogP contribution is 2.32. The summed E-state index contributed by atoms with van der Waals surface area (Å²) in [5.74, 6) is 1.55. The molecule has 1 aromatic rings. The molecule has 1 amide bonds. The average molecular weight is 264 g/mol. The third-order valence-electron chi connectivity index (χ3n) is 2.53. The molecule has 0 saturated carbocycles. The summed E-state index contributed by atoms with van der Waals surface area (Å²) in [6.45, 7) is 7.11. The maximum Gasteiger partial charge on any atom is 0.266 e. The fraction of sp³-hybridized carbons (Fsp3) is 0.385. The van der Waals surface area contributed by atoms with Crippen molar-refractivity contribution in [2.24, 2.45) is 4.99 Å². The maximum atomic E-state index is 12.1. The van der Waals surface area contributed by atoms with Crippen LogP contribution in [0.15, 0.2) is 26.4 Å². The van der Waals surface area contributed by atoms with Crippen LogP contribution in [0.5, 0.6) is 0 Å². The zero-order chi connectivity index (χ0) is 13.1. The standard InChI is InChI=1S/C13H16N2O2S/c1-4-14-13-15(5-2)12(16)11(18-13)8-10-7-6-9(3)17-10/h6-8H,4-5H2,1-3H3/b11-8-,14-13?. The van der Waals surface area contributed by atoms with E-state index in [2.05, 4.69) is 4.99 Å². The number of rotatable bonds is 3. The minimum absolute atomic E-state index is 0.00348. The normalized spacial score (nSPS) is 20.4. The Hall–Kier alpha value is -1.49. The van der Waals surface area contributed by atoms with Gasteiger partial charge in [-0.1, -0.05) is 0 Å². The number of carbonyl (C=O) groups is 1. The van der Waals surface area contributed by atoms with Gasteiger partial charge in [0.15, 0.2) is 5.17 Å². The third-order valence-corrected chi connectivity index (χ3v) is 3.58. The van der Waals surface area contributed by atoms with Crippen molar-refractivity contribution in [1.29, 1.82) is 0 Å². The number of nitrogens with zero attached hydrogens (tertiary/aromatic N) is 2. The smallest absolute Gasteiger partial charge is 0.266 e. The van der Waals surface area contributed by atoms with Crippen molar-refractivity contribution >= 4 is 28.9 Å². The predicted octanol–water partition coefficient (Wildman–Crippen LogP) is 2.90. The SMILES string of the molecule is CCN=C1S/C(=C\c2ccc(C)o2)C(=O)N1CC. The first kappa shape index (κ1) is 13.0. The molecule has 0 radical (unpaired) electrons. The first-order chi connectivity index (χ1) is 8.65. The molecule has 4 nitrogen and oxygen atoms in total. The van der Waals surface area contributed by atoms with Crippen LogP contribution in [-0.4, -0.2) is 29.1 Å². The third kappa shape index (κ3) is 2.51. The van der Waals surface area contributed by atoms with Crippen molar-refractivity contribution in [2.45, 2.75) is 20.8 Å². The fourth-order valence-electron chi connectivity index (χ4n) is 1.70. The highest BCUT2D eigenvalue weighted by atomic mass is 32.2. The molecule has 5 heteroatoms. The Labute approximate surface area is 111 Å². The van der Waals surface area contributed by atoms with Crippen molar-refractivity contribution in [3.63, 3.8) is 0 Å². The number of carbonyl (C=O) groups excluding carboxylic acids is 1. The van der Waals surface area contributed by atoms with Crippen LogP contribution in [0.1, 0.15) is 25.4 Å². The van der Waals surface area contributed by atoms with Crippen LogP contribution in [0.3, 0.4) is 0 Å². The van der Waals surface area contributed by atoms with Gasteiger partial charge in [-0.15, -0.1) is 0 Å². The van der Waals surface area contributed by atoms with Crippen LogP contribution < -0.4 is 0 Å². The molecule has 2 rings (SSSR count). The van der Waals surface area contributed by atoms with E-state index in [0.717, 1.165) is 10.9 Å². The molecule has 1 saturated heterocycles. The molecule has 0 atom stereocenters. The van der Waals surface area contributed by atoms with Crippen LogP contribution in [0.4, 0.5) is 0 Å². The van der Waals surface area contributed by atoms with Gasteiger partial charge in [-0.25, -0.2) is 0 Å². The lowest BCUT2D eigenvalue weighted by molar-refractivity contribution is -0.122. The van der Waals surface area contributed by atoms with Crippen LogP contribution in [0.2, 0.25) is 0 Å². The topological polar surface area (TPSA) is 45.8 Å². The van der Waals surface area contributed by atoms with Crippen LogP contribution in [0.25, 0.3) is 6.08 Å². The van der Waals surface area contributed by atoms with Gasteiger partial charge in [-0.05, 0) is 44.7 Å². The van der Waals surface area contributed by atoms with Gasteiger partial charge in [0, 0.05) is 19.2 Å². The van der Waals surface area contributed by atoms with E-state index < -0.39 is 0 Å². The molecule has 0 spiro atoms. The maximum absolute atomic E-state index is 12.1. The zero-order valence-corrected chi connectivity index (χ0v) is 11.6. The number of amidine groups is 1. The van der Waals surface area contributed by atoms with Gasteiger partial charge in [-0.2, -0.15) is 0 Å². The summed E-state index contributed by atoms with van der Waals surface area (Å²) in [4.78, 5) is 18.8. The molecular weight excluding hydrogens is 248 g/mol. The number of likely N-dealkylation sites (N-methyl/N-ethyl adjacent to an activating group) is 1. The Kier molecular flexibility index (Phi) is 3.91. The van der Waals surface area contributed by atoms with Crippen LogP contribution in [-0.2, 0) is 4.79 Å². The quantitative estimate of drug-likeness (QED) is 0.789. The lowest BCUT2D eigenvalue weighted by Gasteiger charge is -2.11. The minimum Gasteiger partial charge on any atom is -0.462 e. The number of aliphatic imine (C=N–C) groups is 1. The average Bonchev–Trinajstić information content (AvgIpc) is 2.86. The summed E-state index contributed by atoms with van der Waals surface area (Å²) in [5, 5.41) is 0.777. The van der Waals surface area contributed by atoms with E-state index in [4.69, 9.17) is 4.42 Å². The molecular formula is C13H16N2O2S. The number of amides is 1. The second-order valence-corrected chi connectivity index (χ2v) is 4.87. The lowest BCUT2D eigenvalue weighted by atomic mass is 10.3. The van der Waals surface area contributed by atoms with E-state index >= 15 is 0 Å². The monoisotopic (exact) mass is 264 g/mol. The molecule has 0 N–H and O–H groups in total. The molecule has 2 heterocycles. The van der Waals surface area contributed by atoms with Crippen LogP contribution in [0, 0.1) is 6.92 Å². The molecule has 0 bridgehead atoms. The molecule has 0 unspecified atom stereocenters. The largest absolute Gasteiger partial charge is 0.462 e. The van der Waals surface area contributed by atoms with Crippen LogP contribution >= 0.6 is 11.8 Å². The van der Waals surface area contributed by atoms with Gasteiger partial charge in [0.1, 0.15) is 11.5 Å². The van der Waals surface area contributed by atoms with Crippen molar-refractivity contribution in [3.05, 3.63) is 28.6 Å². The number of aryl methyl sites for hydroxylation is 1. The molecule has 1 aliphatic rings. The first-order valence-electron chi connectivity index (χ1n) is 5.98. The van der Waals surface area contributed by atoms with Gasteiger partial charge < -0.3 is 4.42 Å². The Bertz CT molecular complexity index is 517. The Morgan fingerprint density at radius 1 is 1.44 bits per heavy atom. The summed E-state index contributed by atoms with van der Waals surface area (Å²) in [6, 6.07) is 3.75. The van der Waals surface area contributed by atoms with Gasteiger partial charge >= 0.3 is 0 Å². The summed E-state index contributed by atoms with van der Waals surface area (Å²) in [7, 11) is 0. The van der Waals surface area contributed by atoms with Crippen molar-refractivity contribution in [1.82, 2.24) is 4.90 Å². The molecule has 1 aliphatic heterocycles.